The molecule has 3 rings (SSSR count). The number of anilines is 1. The topological polar surface area (TPSA) is 40.6 Å². The molecule has 0 bridgehead atoms. The highest BCUT2D eigenvalue weighted by Crippen LogP contribution is 2.27. The maximum atomic E-state index is 12.4. The van der Waals surface area contributed by atoms with Gasteiger partial charge < -0.3 is 9.80 Å². The number of aryl methyl sites for hydroxylation is 1. The Morgan fingerprint density at radius 3 is 2.70 bits per heavy atom. The Hall–Kier alpha value is -1.84. The lowest BCUT2D eigenvalue weighted by atomic mass is 10.1. The van der Waals surface area contributed by atoms with Crippen LogP contribution in [0.25, 0.3) is 0 Å². The molecule has 1 unspecified atom stereocenters. The molecule has 0 spiro atoms. The van der Waals surface area contributed by atoms with Crippen molar-refractivity contribution in [3.8, 4) is 0 Å². The zero-order chi connectivity index (χ0) is 14.1. The van der Waals surface area contributed by atoms with Gasteiger partial charge in [-0.05, 0) is 37.5 Å². The summed E-state index contributed by atoms with van der Waals surface area (Å²) in [6, 6.07) is 7.90. The first-order valence-electron chi connectivity index (χ1n) is 7.31. The van der Waals surface area contributed by atoms with Gasteiger partial charge >= 0.3 is 0 Å². The van der Waals surface area contributed by atoms with E-state index in [1.807, 2.05) is 36.1 Å². The maximum Gasteiger partial charge on any atom is 0.228 e. The number of hydrogen-bond acceptors (Lipinski definition) is 2. The molecule has 4 nitrogen and oxygen atoms in total. The fourth-order valence-corrected chi connectivity index (χ4v) is 3.11. The van der Waals surface area contributed by atoms with Crippen LogP contribution in [0, 0.1) is 12.8 Å². The lowest BCUT2D eigenvalue weighted by Gasteiger charge is -2.20. The van der Waals surface area contributed by atoms with Gasteiger partial charge in [-0.2, -0.15) is 0 Å². The average Bonchev–Trinajstić information content (AvgIpc) is 3.07. The number of rotatable bonds is 2. The van der Waals surface area contributed by atoms with Gasteiger partial charge in [0.25, 0.3) is 0 Å². The summed E-state index contributed by atoms with van der Waals surface area (Å²) in [7, 11) is 0. The van der Waals surface area contributed by atoms with Crippen LogP contribution in [0.15, 0.2) is 24.3 Å². The summed E-state index contributed by atoms with van der Waals surface area (Å²) < 4.78 is 0. The minimum absolute atomic E-state index is 0.0631. The monoisotopic (exact) mass is 272 g/mol. The van der Waals surface area contributed by atoms with E-state index in [0.717, 1.165) is 37.2 Å². The van der Waals surface area contributed by atoms with E-state index in [4.69, 9.17) is 0 Å². The van der Waals surface area contributed by atoms with Crippen molar-refractivity contribution in [2.75, 3.05) is 24.5 Å². The summed E-state index contributed by atoms with van der Waals surface area (Å²) in [5.74, 6) is 0.0558. The van der Waals surface area contributed by atoms with Crippen molar-refractivity contribution in [2.45, 2.75) is 26.2 Å². The van der Waals surface area contributed by atoms with E-state index in [2.05, 4.69) is 0 Å². The summed E-state index contributed by atoms with van der Waals surface area (Å²) in [4.78, 5) is 28.2. The molecule has 2 saturated heterocycles. The predicted molar refractivity (Wildman–Crippen MR) is 77.5 cm³/mol. The molecule has 1 aromatic rings. The van der Waals surface area contributed by atoms with Crippen LogP contribution in [0.4, 0.5) is 5.69 Å². The summed E-state index contributed by atoms with van der Waals surface area (Å²) in [5.41, 5.74) is 2.04. The molecular formula is C16H20N2O2. The third kappa shape index (κ3) is 2.42. The Balaban J connectivity index is 1.73. The van der Waals surface area contributed by atoms with Gasteiger partial charge in [-0.3, -0.25) is 9.59 Å². The molecule has 2 aliphatic rings. The van der Waals surface area contributed by atoms with Crippen LogP contribution in [-0.4, -0.2) is 36.3 Å². The number of hydrogen-bond donors (Lipinski definition) is 0. The van der Waals surface area contributed by atoms with E-state index in [9.17, 15) is 9.59 Å². The largest absolute Gasteiger partial charge is 0.342 e. The Morgan fingerprint density at radius 1 is 1.25 bits per heavy atom. The first-order valence-corrected chi connectivity index (χ1v) is 7.31. The van der Waals surface area contributed by atoms with Crippen molar-refractivity contribution in [3.63, 3.8) is 0 Å². The number of carbonyl (C=O) groups excluding carboxylic acids is 2. The lowest BCUT2D eigenvalue weighted by Crippen LogP contribution is -2.35. The Bertz CT molecular complexity index is 535. The molecule has 2 fully saturated rings. The number of likely N-dealkylation sites (tertiary alicyclic amines) is 1. The first kappa shape index (κ1) is 13.2. The zero-order valence-corrected chi connectivity index (χ0v) is 11.8. The van der Waals surface area contributed by atoms with Gasteiger partial charge in [0, 0.05) is 31.7 Å². The van der Waals surface area contributed by atoms with E-state index in [0.29, 0.717) is 13.0 Å². The number of amides is 2. The molecule has 1 aromatic carbocycles. The van der Waals surface area contributed by atoms with Crippen LogP contribution in [0.1, 0.15) is 24.8 Å². The Morgan fingerprint density at radius 2 is 2.00 bits per heavy atom. The van der Waals surface area contributed by atoms with Crippen LogP contribution in [0.5, 0.6) is 0 Å². The smallest absolute Gasteiger partial charge is 0.228 e. The molecule has 4 heteroatoms. The second kappa shape index (κ2) is 5.27. The van der Waals surface area contributed by atoms with Crippen molar-refractivity contribution in [2.24, 2.45) is 5.92 Å². The molecular weight excluding hydrogens is 252 g/mol. The normalized spacial score (nSPS) is 22.6. The summed E-state index contributed by atoms with van der Waals surface area (Å²) >= 11 is 0. The van der Waals surface area contributed by atoms with Crippen molar-refractivity contribution in [1.82, 2.24) is 4.90 Å². The fourth-order valence-electron chi connectivity index (χ4n) is 3.11. The van der Waals surface area contributed by atoms with Crippen molar-refractivity contribution < 1.29 is 9.59 Å². The van der Waals surface area contributed by atoms with Crippen LogP contribution in [0.3, 0.4) is 0 Å². The Kier molecular flexibility index (Phi) is 3.47. The van der Waals surface area contributed by atoms with Crippen molar-refractivity contribution in [3.05, 3.63) is 29.8 Å². The van der Waals surface area contributed by atoms with Crippen LogP contribution >= 0.6 is 0 Å². The van der Waals surface area contributed by atoms with Crippen molar-refractivity contribution in [1.29, 1.82) is 0 Å². The van der Waals surface area contributed by atoms with Crippen molar-refractivity contribution >= 4 is 17.5 Å². The molecule has 2 amide bonds. The molecule has 0 aliphatic carbocycles. The SMILES string of the molecule is Cc1cccc(N2CC(C(=O)N3CCCC3)CC2=O)c1. The fraction of sp³-hybridized carbons (Fsp3) is 0.500. The van der Waals surface area contributed by atoms with Gasteiger partial charge in [0.05, 0.1) is 5.92 Å². The lowest BCUT2D eigenvalue weighted by molar-refractivity contribution is -0.134. The quantitative estimate of drug-likeness (QED) is 0.826. The zero-order valence-electron chi connectivity index (χ0n) is 11.8. The van der Waals surface area contributed by atoms with Gasteiger partial charge in [-0.15, -0.1) is 0 Å². The average molecular weight is 272 g/mol. The molecule has 0 aromatic heterocycles. The third-order valence-electron chi connectivity index (χ3n) is 4.21. The molecule has 0 saturated carbocycles. The van der Waals surface area contributed by atoms with Crippen LogP contribution in [0.2, 0.25) is 0 Å². The van der Waals surface area contributed by atoms with Crippen LogP contribution < -0.4 is 4.90 Å². The van der Waals surface area contributed by atoms with E-state index in [-0.39, 0.29) is 17.7 Å². The standard InChI is InChI=1S/C16H20N2O2/c1-12-5-4-6-14(9-12)18-11-13(10-15(18)19)16(20)17-7-2-3-8-17/h4-6,9,13H,2-3,7-8,10-11H2,1H3. The van der Waals surface area contributed by atoms with Gasteiger partial charge in [0.1, 0.15) is 0 Å². The molecule has 1 atom stereocenters. The second-order valence-corrected chi connectivity index (χ2v) is 5.78. The van der Waals surface area contributed by atoms with E-state index >= 15 is 0 Å². The highest BCUT2D eigenvalue weighted by atomic mass is 16.2. The number of carbonyl (C=O) groups is 2. The number of benzene rings is 1. The Labute approximate surface area is 119 Å². The molecule has 0 N–H and O–H groups in total. The third-order valence-corrected chi connectivity index (χ3v) is 4.21. The van der Waals surface area contributed by atoms with E-state index in [1.165, 1.54) is 0 Å². The van der Waals surface area contributed by atoms with Gasteiger partial charge in [0.15, 0.2) is 0 Å². The van der Waals surface area contributed by atoms with E-state index in [1.54, 1.807) is 4.90 Å². The highest BCUT2D eigenvalue weighted by Gasteiger charge is 2.37. The van der Waals surface area contributed by atoms with Crippen LogP contribution in [-0.2, 0) is 9.59 Å². The molecule has 2 aliphatic heterocycles. The molecule has 20 heavy (non-hydrogen) atoms. The summed E-state index contributed by atoms with van der Waals surface area (Å²) in [6.45, 7) is 4.25. The molecule has 0 radical (unpaired) electrons. The predicted octanol–water partition coefficient (Wildman–Crippen LogP) is 1.97. The molecule has 106 valence electrons. The highest BCUT2D eigenvalue weighted by molar-refractivity contribution is 6.00. The minimum atomic E-state index is -0.166. The van der Waals surface area contributed by atoms with E-state index < -0.39 is 0 Å². The summed E-state index contributed by atoms with van der Waals surface area (Å²) in [5, 5.41) is 0. The number of nitrogens with zero attached hydrogens (tertiary/aromatic N) is 2. The van der Waals surface area contributed by atoms with Gasteiger partial charge in [0.2, 0.25) is 11.8 Å². The first-order chi connectivity index (χ1) is 9.65. The van der Waals surface area contributed by atoms with Gasteiger partial charge in [-0.1, -0.05) is 12.1 Å². The van der Waals surface area contributed by atoms with Gasteiger partial charge in [-0.25, -0.2) is 0 Å². The maximum absolute atomic E-state index is 12.4. The summed E-state index contributed by atoms with van der Waals surface area (Å²) in [6.07, 6.45) is 2.53. The molecule has 2 heterocycles. The minimum Gasteiger partial charge on any atom is -0.342 e. The second-order valence-electron chi connectivity index (χ2n) is 5.78.